The van der Waals surface area contributed by atoms with Crippen LogP contribution in [0.15, 0.2) is 16.6 Å². The largest absolute Gasteiger partial charge is 0.347 e. The van der Waals surface area contributed by atoms with Crippen molar-refractivity contribution in [2.75, 3.05) is 38.0 Å². The van der Waals surface area contributed by atoms with E-state index in [-0.39, 0.29) is 29.7 Å². The van der Waals surface area contributed by atoms with Crippen molar-refractivity contribution in [3.63, 3.8) is 0 Å². The third-order valence-electron chi connectivity index (χ3n) is 8.69. The molecule has 1 heterocycles. The first kappa shape index (κ1) is 26.0. The van der Waals surface area contributed by atoms with Crippen LogP contribution in [-0.4, -0.2) is 60.2 Å². The standard InChI is InChI=1S/C27H36BrClN4O3/c1-17(34)31-26-21(9-22(29)10-23(26)28)16-32-2-4-33(5-3-32)25(36)15-30-24(35)14-27-11-18-6-19(12-27)8-20(7-18)13-27/h9-10,18-20H,2-8,11-16H2,1H3,(H,30,35)(H,31,34). The molecule has 0 atom stereocenters. The van der Waals surface area contributed by atoms with E-state index in [1.54, 1.807) is 6.07 Å². The molecule has 4 saturated carbocycles. The Kier molecular flexibility index (Phi) is 7.66. The number of carbonyl (C=O) groups excluding carboxylic acids is 3. The summed E-state index contributed by atoms with van der Waals surface area (Å²) in [5.74, 6) is 2.36. The Hall–Kier alpha value is -1.64. The molecule has 5 aliphatic rings. The number of rotatable bonds is 7. The van der Waals surface area contributed by atoms with Crippen LogP contribution in [0.2, 0.25) is 5.02 Å². The van der Waals surface area contributed by atoms with Gasteiger partial charge in [0.05, 0.1) is 12.2 Å². The van der Waals surface area contributed by atoms with Crippen LogP contribution in [0.4, 0.5) is 5.69 Å². The highest BCUT2D eigenvalue weighted by Crippen LogP contribution is 2.61. The Morgan fingerprint density at radius 3 is 2.22 bits per heavy atom. The Bertz CT molecular complexity index is 1000. The van der Waals surface area contributed by atoms with Gasteiger partial charge in [0.15, 0.2) is 0 Å². The van der Waals surface area contributed by atoms with Crippen molar-refractivity contribution < 1.29 is 14.4 Å². The molecule has 6 rings (SSSR count). The number of halogens is 2. The molecular formula is C27H36BrClN4O3. The van der Waals surface area contributed by atoms with Gasteiger partial charge in [-0.3, -0.25) is 19.3 Å². The van der Waals surface area contributed by atoms with Crippen LogP contribution in [0.3, 0.4) is 0 Å². The van der Waals surface area contributed by atoms with Crippen molar-refractivity contribution in [2.45, 2.75) is 58.4 Å². The van der Waals surface area contributed by atoms with E-state index >= 15 is 0 Å². The molecule has 1 aromatic carbocycles. The summed E-state index contributed by atoms with van der Waals surface area (Å²) in [4.78, 5) is 41.4. The van der Waals surface area contributed by atoms with Gasteiger partial charge in [0.1, 0.15) is 0 Å². The topological polar surface area (TPSA) is 81.8 Å². The zero-order valence-electron chi connectivity index (χ0n) is 21.0. The van der Waals surface area contributed by atoms with Crippen LogP contribution in [0.1, 0.15) is 57.4 Å². The average Bonchev–Trinajstić information content (AvgIpc) is 2.79. The molecule has 2 N–H and O–H groups in total. The number of hydrogen-bond donors (Lipinski definition) is 2. The summed E-state index contributed by atoms with van der Waals surface area (Å²) in [6.45, 7) is 4.85. The molecule has 196 valence electrons. The molecule has 1 aromatic rings. The number of nitrogens with one attached hydrogen (secondary N) is 2. The van der Waals surface area contributed by atoms with E-state index in [4.69, 9.17) is 11.6 Å². The number of benzene rings is 1. The van der Waals surface area contributed by atoms with Crippen molar-refractivity contribution in [3.05, 3.63) is 27.2 Å². The molecule has 0 unspecified atom stereocenters. The monoisotopic (exact) mass is 578 g/mol. The second kappa shape index (κ2) is 10.6. The van der Waals surface area contributed by atoms with Gasteiger partial charge in [-0.05, 0) is 95.3 Å². The van der Waals surface area contributed by atoms with Crippen LogP contribution in [0, 0.1) is 23.2 Å². The molecular weight excluding hydrogens is 544 g/mol. The molecule has 9 heteroatoms. The molecule has 0 aromatic heterocycles. The first-order valence-electron chi connectivity index (χ1n) is 13.2. The molecule has 1 aliphatic heterocycles. The Morgan fingerprint density at radius 1 is 1.03 bits per heavy atom. The van der Waals surface area contributed by atoms with Gasteiger partial charge in [0.2, 0.25) is 17.7 Å². The minimum Gasteiger partial charge on any atom is -0.347 e. The predicted molar refractivity (Wildman–Crippen MR) is 144 cm³/mol. The summed E-state index contributed by atoms with van der Waals surface area (Å²) >= 11 is 9.75. The van der Waals surface area contributed by atoms with Crippen LogP contribution in [0.5, 0.6) is 0 Å². The lowest BCUT2D eigenvalue weighted by molar-refractivity contribution is -0.136. The fourth-order valence-electron chi connectivity index (χ4n) is 7.66. The number of piperazine rings is 1. The first-order chi connectivity index (χ1) is 17.2. The van der Waals surface area contributed by atoms with Gasteiger partial charge >= 0.3 is 0 Å². The second-order valence-electron chi connectivity index (χ2n) is 11.6. The fraction of sp³-hybridized carbons (Fsp3) is 0.667. The van der Waals surface area contributed by atoms with Gasteiger partial charge < -0.3 is 15.5 Å². The highest BCUT2D eigenvalue weighted by molar-refractivity contribution is 9.10. The lowest BCUT2D eigenvalue weighted by Crippen LogP contribution is -2.51. The van der Waals surface area contributed by atoms with E-state index in [0.717, 1.165) is 46.6 Å². The van der Waals surface area contributed by atoms with E-state index in [1.165, 1.54) is 45.4 Å². The van der Waals surface area contributed by atoms with Crippen LogP contribution in [-0.2, 0) is 20.9 Å². The number of carbonyl (C=O) groups is 3. The van der Waals surface area contributed by atoms with E-state index in [1.807, 2.05) is 11.0 Å². The third-order valence-corrected chi connectivity index (χ3v) is 9.54. The third kappa shape index (κ3) is 5.91. The second-order valence-corrected chi connectivity index (χ2v) is 12.9. The summed E-state index contributed by atoms with van der Waals surface area (Å²) in [6, 6.07) is 3.64. The van der Waals surface area contributed by atoms with Gasteiger partial charge in [-0.15, -0.1) is 0 Å². The van der Waals surface area contributed by atoms with Crippen molar-refractivity contribution in [3.8, 4) is 0 Å². The van der Waals surface area contributed by atoms with E-state index < -0.39 is 0 Å². The van der Waals surface area contributed by atoms with Crippen LogP contribution >= 0.6 is 27.5 Å². The van der Waals surface area contributed by atoms with Crippen LogP contribution < -0.4 is 10.6 Å². The van der Waals surface area contributed by atoms with Crippen molar-refractivity contribution in [1.82, 2.24) is 15.1 Å². The first-order valence-corrected chi connectivity index (χ1v) is 14.4. The average molecular weight is 580 g/mol. The Balaban J connectivity index is 1.08. The molecule has 0 spiro atoms. The smallest absolute Gasteiger partial charge is 0.242 e. The SMILES string of the molecule is CC(=O)Nc1c(Br)cc(Cl)cc1CN1CCN(C(=O)CNC(=O)CC23CC4CC(CC(C4)C2)C3)CC1. The van der Waals surface area contributed by atoms with Gasteiger partial charge in [-0.25, -0.2) is 0 Å². The summed E-state index contributed by atoms with van der Waals surface area (Å²) < 4.78 is 0.748. The molecule has 4 aliphatic carbocycles. The number of anilines is 1. The van der Waals surface area contributed by atoms with Crippen molar-refractivity contribution in [2.24, 2.45) is 23.2 Å². The van der Waals surface area contributed by atoms with E-state index in [9.17, 15) is 14.4 Å². The van der Waals surface area contributed by atoms with E-state index in [0.29, 0.717) is 31.1 Å². The van der Waals surface area contributed by atoms with Crippen molar-refractivity contribution >= 4 is 50.9 Å². The molecule has 4 bridgehead atoms. The zero-order valence-corrected chi connectivity index (χ0v) is 23.3. The van der Waals surface area contributed by atoms with Gasteiger partial charge in [-0.1, -0.05) is 11.6 Å². The summed E-state index contributed by atoms with van der Waals surface area (Å²) in [5.41, 5.74) is 1.85. The van der Waals surface area contributed by atoms with Gasteiger partial charge in [0, 0.05) is 55.6 Å². The maximum absolute atomic E-state index is 12.8. The maximum atomic E-state index is 12.8. The van der Waals surface area contributed by atoms with E-state index in [2.05, 4.69) is 31.5 Å². The van der Waals surface area contributed by atoms with Crippen molar-refractivity contribution in [1.29, 1.82) is 0 Å². The molecule has 5 fully saturated rings. The molecule has 1 saturated heterocycles. The predicted octanol–water partition coefficient (Wildman–Crippen LogP) is 4.43. The molecule has 0 radical (unpaired) electrons. The Labute approximate surface area is 226 Å². The maximum Gasteiger partial charge on any atom is 0.242 e. The summed E-state index contributed by atoms with van der Waals surface area (Å²) in [7, 11) is 0. The molecule has 36 heavy (non-hydrogen) atoms. The lowest BCUT2D eigenvalue weighted by Gasteiger charge is -2.56. The summed E-state index contributed by atoms with van der Waals surface area (Å²) in [6.07, 6.45) is 8.31. The quantitative estimate of drug-likeness (QED) is 0.501. The minimum atomic E-state index is -0.139. The highest BCUT2D eigenvalue weighted by atomic mass is 79.9. The zero-order chi connectivity index (χ0) is 25.4. The molecule has 3 amide bonds. The Morgan fingerprint density at radius 2 is 1.64 bits per heavy atom. The fourth-order valence-corrected chi connectivity index (χ4v) is 8.63. The highest BCUT2D eigenvalue weighted by Gasteiger charge is 2.51. The normalized spacial score (nSPS) is 29.3. The molecule has 7 nitrogen and oxygen atoms in total. The minimum absolute atomic E-state index is 0.0158. The van der Waals surface area contributed by atoms with Gasteiger partial charge in [-0.2, -0.15) is 0 Å². The van der Waals surface area contributed by atoms with Gasteiger partial charge in [0.25, 0.3) is 0 Å². The number of hydrogen-bond acceptors (Lipinski definition) is 4. The van der Waals surface area contributed by atoms with Crippen LogP contribution in [0.25, 0.3) is 0 Å². The number of nitrogens with zero attached hydrogens (tertiary/aromatic N) is 2. The number of amides is 3. The lowest BCUT2D eigenvalue weighted by atomic mass is 9.49. The summed E-state index contributed by atoms with van der Waals surface area (Å²) in [5, 5.41) is 6.42.